The van der Waals surface area contributed by atoms with Crippen molar-refractivity contribution in [3.8, 4) is 5.75 Å². The third-order valence-corrected chi connectivity index (χ3v) is 4.03. The van der Waals surface area contributed by atoms with Crippen LogP contribution < -0.4 is 15.4 Å². The number of urea groups is 1. The predicted molar refractivity (Wildman–Crippen MR) is 100 cm³/mol. The Kier molecular flexibility index (Phi) is 6.12. The molecule has 2 aromatic rings. The summed E-state index contributed by atoms with van der Waals surface area (Å²) < 4.78 is 5.21. The van der Waals surface area contributed by atoms with Gasteiger partial charge in [-0.15, -0.1) is 0 Å². The summed E-state index contributed by atoms with van der Waals surface area (Å²) in [6.45, 7) is 0. The standard InChI is InChI=1S/C17H17Cl2N3O3/c1-22(2)17(24)21-14-8-10(4-7-15(14)25-3)16(23)20-11-5-6-12(18)13(19)9-11/h4-9H,1-3H3,(H,20,23)(H,21,24). The molecule has 0 aromatic heterocycles. The van der Waals surface area contributed by atoms with Gasteiger partial charge in [0.1, 0.15) is 5.75 Å². The SMILES string of the molecule is COc1ccc(C(=O)Nc2ccc(Cl)c(Cl)c2)cc1NC(=O)N(C)C. The Hall–Kier alpha value is -2.44. The molecule has 2 aromatic carbocycles. The van der Waals surface area contributed by atoms with Gasteiger partial charge in [-0.05, 0) is 36.4 Å². The second kappa shape index (κ2) is 8.09. The Balaban J connectivity index is 2.24. The maximum atomic E-state index is 12.4. The number of halogens is 2. The van der Waals surface area contributed by atoms with Crippen molar-refractivity contribution in [2.75, 3.05) is 31.8 Å². The first-order valence-electron chi connectivity index (χ1n) is 7.24. The van der Waals surface area contributed by atoms with Gasteiger partial charge in [0.15, 0.2) is 0 Å². The quantitative estimate of drug-likeness (QED) is 0.826. The smallest absolute Gasteiger partial charge is 0.321 e. The van der Waals surface area contributed by atoms with Gasteiger partial charge in [0.25, 0.3) is 5.91 Å². The zero-order valence-electron chi connectivity index (χ0n) is 13.9. The minimum absolute atomic E-state index is 0.333. The number of carbonyl (C=O) groups excluding carboxylic acids is 2. The van der Waals surface area contributed by atoms with E-state index in [9.17, 15) is 9.59 Å². The summed E-state index contributed by atoms with van der Waals surface area (Å²) in [6, 6.07) is 9.19. The molecule has 0 saturated heterocycles. The van der Waals surface area contributed by atoms with E-state index in [1.54, 1.807) is 44.4 Å². The molecule has 0 aliphatic rings. The molecule has 0 heterocycles. The van der Waals surface area contributed by atoms with Crippen LogP contribution in [0.2, 0.25) is 10.0 Å². The lowest BCUT2D eigenvalue weighted by molar-refractivity contribution is 0.102. The number of hydrogen-bond acceptors (Lipinski definition) is 3. The molecule has 132 valence electrons. The van der Waals surface area contributed by atoms with Crippen molar-refractivity contribution in [2.45, 2.75) is 0 Å². The summed E-state index contributed by atoms with van der Waals surface area (Å²) in [6.07, 6.45) is 0. The van der Waals surface area contributed by atoms with Gasteiger partial charge in [-0.1, -0.05) is 23.2 Å². The highest BCUT2D eigenvalue weighted by Gasteiger charge is 2.14. The molecule has 0 radical (unpaired) electrons. The first-order chi connectivity index (χ1) is 11.8. The highest BCUT2D eigenvalue weighted by molar-refractivity contribution is 6.42. The second-order valence-electron chi connectivity index (χ2n) is 5.32. The average Bonchev–Trinajstić information content (AvgIpc) is 2.58. The Labute approximate surface area is 155 Å². The van der Waals surface area contributed by atoms with Crippen LogP contribution in [0.15, 0.2) is 36.4 Å². The molecule has 0 aliphatic heterocycles. The summed E-state index contributed by atoms with van der Waals surface area (Å²) in [5.41, 5.74) is 1.25. The van der Waals surface area contributed by atoms with Crippen molar-refractivity contribution < 1.29 is 14.3 Å². The molecule has 25 heavy (non-hydrogen) atoms. The fourth-order valence-corrected chi connectivity index (χ4v) is 2.25. The number of methoxy groups -OCH3 is 1. The first-order valence-corrected chi connectivity index (χ1v) is 8.00. The van der Waals surface area contributed by atoms with Crippen molar-refractivity contribution in [3.05, 3.63) is 52.0 Å². The highest BCUT2D eigenvalue weighted by atomic mass is 35.5. The van der Waals surface area contributed by atoms with Gasteiger partial charge in [0, 0.05) is 25.3 Å². The van der Waals surface area contributed by atoms with Crippen LogP contribution in [-0.4, -0.2) is 38.0 Å². The van der Waals surface area contributed by atoms with E-state index in [1.807, 2.05) is 0 Å². The van der Waals surface area contributed by atoms with E-state index < -0.39 is 0 Å². The van der Waals surface area contributed by atoms with Gasteiger partial charge in [0.05, 0.1) is 22.8 Å². The molecular weight excluding hydrogens is 365 g/mol. The fourth-order valence-electron chi connectivity index (χ4n) is 1.95. The number of nitrogens with one attached hydrogen (secondary N) is 2. The molecule has 0 spiro atoms. The molecule has 2 N–H and O–H groups in total. The topological polar surface area (TPSA) is 70.7 Å². The molecule has 2 rings (SSSR count). The lowest BCUT2D eigenvalue weighted by Gasteiger charge is -2.15. The lowest BCUT2D eigenvalue weighted by Crippen LogP contribution is -2.27. The fraction of sp³-hybridized carbons (Fsp3) is 0.176. The van der Waals surface area contributed by atoms with E-state index in [0.717, 1.165) is 0 Å². The Bertz CT molecular complexity index is 810. The molecule has 8 heteroatoms. The second-order valence-corrected chi connectivity index (χ2v) is 6.14. The minimum atomic E-state index is -0.360. The molecule has 6 nitrogen and oxygen atoms in total. The van der Waals surface area contributed by atoms with Crippen LogP contribution in [0.4, 0.5) is 16.2 Å². The van der Waals surface area contributed by atoms with Crippen LogP contribution in [-0.2, 0) is 0 Å². The number of anilines is 2. The van der Waals surface area contributed by atoms with E-state index >= 15 is 0 Å². The molecule has 0 unspecified atom stereocenters. The molecule has 0 fully saturated rings. The molecular formula is C17H17Cl2N3O3. The summed E-state index contributed by atoms with van der Waals surface area (Å²) in [4.78, 5) is 25.7. The predicted octanol–water partition coefficient (Wildman–Crippen LogP) is 4.35. The normalized spacial score (nSPS) is 10.1. The Morgan fingerprint density at radius 3 is 2.32 bits per heavy atom. The van der Waals surface area contributed by atoms with Crippen LogP contribution in [0.5, 0.6) is 5.75 Å². The minimum Gasteiger partial charge on any atom is -0.495 e. The van der Waals surface area contributed by atoms with Gasteiger partial charge in [0.2, 0.25) is 0 Å². The highest BCUT2D eigenvalue weighted by Crippen LogP contribution is 2.28. The lowest BCUT2D eigenvalue weighted by atomic mass is 10.1. The Morgan fingerprint density at radius 2 is 1.72 bits per heavy atom. The number of amides is 3. The number of ether oxygens (including phenoxy) is 1. The summed E-state index contributed by atoms with van der Waals surface area (Å²) in [5, 5.41) is 6.14. The first kappa shape index (κ1) is 18.9. The van der Waals surface area contributed by atoms with E-state index in [1.165, 1.54) is 18.1 Å². The summed E-state index contributed by atoms with van der Waals surface area (Å²) >= 11 is 11.8. The Morgan fingerprint density at radius 1 is 1.00 bits per heavy atom. The van der Waals surface area contributed by atoms with Gasteiger partial charge in [-0.25, -0.2) is 4.79 Å². The third-order valence-electron chi connectivity index (χ3n) is 3.29. The zero-order chi connectivity index (χ0) is 18.6. The van der Waals surface area contributed by atoms with E-state index in [4.69, 9.17) is 27.9 Å². The van der Waals surface area contributed by atoms with Gasteiger partial charge in [-0.2, -0.15) is 0 Å². The molecule has 0 bridgehead atoms. The number of carbonyl (C=O) groups is 2. The maximum absolute atomic E-state index is 12.4. The van der Waals surface area contributed by atoms with Crippen LogP contribution in [0, 0.1) is 0 Å². The molecule has 0 atom stereocenters. The van der Waals surface area contributed by atoms with Crippen molar-refractivity contribution in [2.24, 2.45) is 0 Å². The van der Waals surface area contributed by atoms with E-state index in [2.05, 4.69) is 10.6 Å². The summed E-state index contributed by atoms with van der Waals surface area (Å²) in [7, 11) is 4.71. The number of hydrogen-bond donors (Lipinski definition) is 2. The summed E-state index contributed by atoms with van der Waals surface area (Å²) in [5.74, 6) is 0.0858. The largest absolute Gasteiger partial charge is 0.495 e. The zero-order valence-corrected chi connectivity index (χ0v) is 15.4. The van der Waals surface area contributed by atoms with Gasteiger partial charge < -0.3 is 20.3 Å². The van der Waals surface area contributed by atoms with Crippen LogP contribution in [0.25, 0.3) is 0 Å². The van der Waals surface area contributed by atoms with E-state index in [0.29, 0.717) is 32.7 Å². The average molecular weight is 382 g/mol. The van der Waals surface area contributed by atoms with Crippen LogP contribution in [0.3, 0.4) is 0 Å². The van der Waals surface area contributed by atoms with E-state index in [-0.39, 0.29) is 11.9 Å². The third kappa shape index (κ3) is 4.78. The molecule has 0 aliphatic carbocycles. The molecule has 0 saturated carbocycles. The van der Waals surface area contributed by atoms with Crippen LogP contribution >= 0.6 is 23.2 Å². The van der Waals surface area contributed by atoms with Crippen molar-refractivity contribution in [3.63, 3.8) is 0 Å². The number of benzene rings is 2. The number of nitrogens with zero attached hydrogens (tertiary/aromatic N) is 1. The number of rotatable bonds is 4. The van der Waals surface area contributed by atoms with Gasteiger partial charge >= 0.3 is 6.03 Å². The van der Waals surface area contributed by atoms with Crippen molar-refractivity contribution in [1.82, 2.24) is 4.90 Å². The van der Waals surface area contributed by atoms with Gasteiger partial charge in [-0.3, -0.25) is 4.79 Å². The molecule has 3 amide bonds. The van der Waals surface area contributed by atoms with Crippen molar-refractivity contribution in [1.29, 1.82) is 0 Å². The van der Waals surface area contributed by atoms with Crippen molar-refractivity contribution >= 4 is 46.5 Å². The van der Waals surface area contributed by atoms with Crippen LogP contribution in [0.1, 0.15) is 10.4 Å². The maximum Gasteiger partial charge on any atom is 0.321 e. The monoisotopic (exact) mass is 381 g/mol.